The van der Waals surface area contributed by atoms with Gasteiger partial charge in [-0.1, -0.05) is 13.1 Å². The molecule has 3 aromatic rings. The number of anilines is 2. The third-order valence-corrected chi connectivity index (χ3v) is 11.3. The molecule has 0 saturated carbocycles. The Bertz CT molecular complexity index is 1410. The molecule has 4 heterocycles. The summed E-state index contributed by atoms with van der Waals surface area (Å²) in [5, 5.41) is 7.22. The van der Waals surface area contributed by atoms with Crippen LogP contribution in [-0.2, 0) is 0 Å². The summed E-state index contributed by atoms with van der Waals surface area (Å²) in [6.45, 7) is 13.4. The normalized spacial score (nSPS) is 16.6. The van der Waals surface area contributed by atoms with Crippen molar-refractivity contribution in [2.75, 3.05) is 77.8 Å². The number of ether oxygens (including phenoxy) is 4. The molecule has 43 heavy (non-hydrogen) atoms. The number of likely N-dealkylation sites (N-methyl/N-ethyl adjacent to an activating group) is 1. The van der Waals surface area contributed by atoms with Crippen molar-refractivity contribution >= 4 is 30.8 Å². The van der Waals surface area contributed by atoms with Crippen LogP contribution in [0.1, 0.15) is 22.5 Å². The third kappa shape index (κ3) is 7.23. The van der Waals surface area contributed by atoms with E-state index in [-0.39, 0.29) is 29.2 Å². The van der Waals surface area contributed by atoms with E-state index in [9.17, 15) is 4.79 Å². The number of carbonyl (C=O) groups excluding carboxylic acids is 1. The number of hydrogen-bond donors (Lipinski definition) is 2. The van der Waals surface area contributed by atoms with Gasteiger partial charge in [-0.05, 0) is 61.9 Å². The van der Waals surface area contributed by atoms with Gasteiger partial charge in [0.1, 0.15) is 11.5 Å². The zero-order valence-corrected chi connectivity index (χ0v) is 26.9. The smallest absolute Gasteiger partial charge is 0.291 e. The Morgan fingerprint density at radius 3 is 2.49 bits per heavy atom. The highest BCUT2D eigenvalue weighted by Crippen LogP contribution is 2.35. The van der Waals surface area contributed by atoms with Crippen LogP contribution in [-0.4, -0.2) is 101 Å². The highest BCUT2D eigenvalue weighted by atomic mass is 28.3. The summed E-state index contributed by atoms with van der Waals surface area (Å²) in [7, 11) is 3.48. The maximum Gasteiger partial charge on any atom is 0.291 e. The second kappa shape index (κ2) is 13.2. The minimum absolute atomic E-state index is 0.0545. The van der Waals surface area contributed by atoms with Crippen molar-refractivity contribution in [3.8, 4) is 29.2 Å². The number of furan rings is 1. The molecule has 1 amide bonds. The second-order valence-electron chi connectivity index (χ2n) is 11.6. The molecule has 0 radical (unpaired) electrons. The van der Waals surface area contributed by atoms with Gasteiger partial charge in [0.15, 0.2) is 11.4 Å². The Balaban J connectivity index is 1.22. The summed E-state index contributed by atoms with van der Waals surface area (Å²) in [6, 6.07) is 8.29. The number of methoxy groups -OCH3 is 2. The van der Waals surface area contributed by atoms with Gasteiger partial charge in [0.25, 0.3) is 11.9 Å². The summed E-state index contributed by atoms with van der Waals surface area (Å²) in [4.78, 5) is 26.8. The summed E-state index contributed by atoms with van der Waals surface area (Å²) < 4.78 is 28.7. The minimum Gasteiger partial charge on any atom is -0.494 e. The quantitative estimate of drug-likeness (QED) is 0.243. The van der Waals surface area contributed by atoms with E-state index in [1.807, 2.05) is 19.1 Å². The topological polar surface area (TPSA) is 123 Å². The van der Waals surface area contributed by atoms with Gasteiger partial charge in [0.05, 0.1) is 28.9 Å². The summed E-state index contributed by atoms with van der Waals surface area (Å²) in [5.74, 6) is 2.04. The van der Waals surface area contributed by atoms with Gasteiger partial charge in [0.2, 0.25) is 17.7 Å². The van der Waals surface area contributed by atoms with Crippen LogP contribution in [0, 0.1) is 6.92 Å². The van der Waals surface area contributed by atoms with Crippen molar-refractivity contribution in [3.63, 3.8) is 0 Å². The van der Waals surface area contributed by atoms with Crippen molar-refractivity contribution in [2.24, 2.45) is 0 Å². The van der Waals surface area contributed by atoms with Crippen LogP contribution < -0.4 is 34.8 Å². The second-order valence-corrected chi connectivity index (χ2v) is 16.4. The Kier molecular flexibility index (Phi) is 9.42. The van der Waals surface area contributed by atoms with E-state index >= 15 is 0 Å². The van der Waals surface area contributed by atoms with Crippen LogP contribution in [0.15, 0.2) is 28.7 Å². The summed E-state index contributed by atoms with van der Waals surface area (Å²) in [5.41, 5.74) is 1.13. The van der Waals surface area contributed by atoms with Gasteiger partial charge in [-0.2, -0.15) is 9.97 Å². The number of piperazine rings is 1. The molecule has 232 valence electrons. The lowest BCUT2D eigenvalue weighted by atomic mass is 10.2. The summed E-state index contributed by atoms with van der Waals surface area (Å²) >= 11 is 0. The fourth-order valence-corrected chi connectivity index (χ4v) is 7.44. The molecule has 0 aliphatic carbocycles. The van der Waals surface area contributed by atoms with Crippen molar-refractivity contribution in [2.45, 2.75) is 32.5 Å². The standard InChI is InChI=1S/C30H42N6O6Si/c1-20-18-23-24(43(5,6)17-16-40-23)19-22(20)42-25-9-8-21(41-25)27(37)32-26-28(38-3)33-30(34-29(26)39-4)31-10-7-11-36-14-12-35(2)13-15-36/h8-9,18-19H,7,10-17H2,1-6H3,(H,32,37)(H,31,33,34). The Morgan fingerprint density at radius 2 is 1.79 bits per heavy atom. The number of rotatable bonds is 11. The average molecular weight is 611 g/mol. The molecule has 0 atom stereocenters. The van der Waals surface area contributed by atoms with Crippen LogP contribution in [0.4, 0.5) is 11.6 Å². The lowest BCUT2D eigenvalue weighted by Crippen LogP contribution is -2.46. The van der Waals surface area contributed by atoms with E-state index in [4.69, 9.17) is 23.4 Å². The first kappa shape index (κ1) is 30.6. The van der Waals surface area contributed by atoms with E-state index in [2.05, 4.69) is 50.5 Å². The third-order valence-electron chi connectivity index (χ3n) is 8.00. The molecule has 2 aliphatic heterocycles. The molecule has 2 N–H and O–H groups in total. The minimum atomic E-state index is -1.62. The van der Waals surface area contributed by atoms with Gasteiger partial charge in [-0.3, -0.25) is 4.79 Å². The Morgan fingerprint density at radius 1 is 1.07 bits per heavy atom. The Labute approximate surface area is 253 Å². The van der Waals surface area contributed by atoms with E-state index in [1.54, 1.807) is 12.1 Å². The number of fused-ring (bicyclic) bond motifs is 1. The molecule has 13 heteroatoms. The first-order valence-electron chi connectivity index (χ1n) is 14.7. The van der Waals surface area contributed by atoms with Crippen LogP contribution in [0.3, 0.4) is 0 Å². The maximum atomic E-state index is 13.2. The van der Waals surface area contributed by atoms with E-state index < -0.39 is 14.0 Å². The van der Waals surface area contributed by atoms with E-state index in [0.29, 0.717) is 18.2 Å². The SMILES string of the molecule is COc1nc(NCCCN2CCN(C)CC2)nc(OC)c1NC(=O)c1ccc(Oc2cc3c(cc2C)OCC[Si]3(C)C)o1. The summed E-state index contributed by atoms with van der Waals surface area (Å²) in [6.07, 6.45) is 0.942. The predicted molar refractivity (Wildman–Crippen MR) is 168 cm³/mol. The van der Waals surface area contributed by atoms with Gasteiger partial charge in [-0.15, -0.1) is 0 Å². The molecular weight excluding hydrogens is 568 g/mol. The van der Waals surface area contributed by atoms with E-state index in [0.717, 1.165) is 63.1 Å². The first-order chi connectivity index (χ1) is 20.7. The maximum absolute atomic E-state index is 13.2. The Hall–Kier alpha value is -3.81. The lowest BCUT2D eigenvalue weighted by molar-refractivity contribution is 0.0990. The number of carbonyl (C=O) groups is 1. The van der Waals surface area contributed by atoms with Crippen molar-refractivity contribution in [1.29, 1.82) is 0 Å². The number of amides is 1. The molecular formula is C30H42N6O6Si. The molecule has 1 aromatic carbocycles. The number of hydrogen-bond acceptors (Lipinski definition) is 11. The van der Waals surface area contributed by atoms with Crippen LogP contribution >= 0.6 is 0 Å². The molecule has 0 bridgehead atoms. The number of benzene rings is 1. The van der Waals surface area contributed by atoms with E-state index in [1.165, 1.54) is 19.4 Å². The van der Waals surface area contributed by atoms with Crippen LogP contribution in [0.25, 0.3) is 0 Å². The number of nitrogens with zero attached hydrogens (tertiary/aromatic N) is 4. The van der Waals surface area contributed by atoms with Gasteiger partial charge >= 0.3 is 0 Å². The number of nitrogens with one attached hydrogen (secondary N) is 2. The molecule has 5 rings (SSSR count). The van der Waals surface area contributed by atoms with Gasteiger partial charge in [0, 0.05) is 38.8 Å². The lowest BCUT2D eigenvalue weighted by Gasteiger charge is -2.32. The molecule has 12 nitrogen and oxygen atoms in total. The first-order valence-corrected chi connectivity index (χ1v) is 17.9. The highest BCUT2D eigenvalue weighted by molar-refractivity contribution is 6.90. The highest BCUT2D eigenvalue weighted by Gasteiger charge is 2.32. The van der Waals surface area contributed by atoms with Crippen LogP contribution in [0.2, 0.25) is 19.1 Å². The molecule has 2 aliphatic rings. The molecule has 2 aromatic heterocycles. The van der Waals surface area contributed by atoms with Crippen molar-refractivity contribution in [1.82, 2.24) is 19.8 Å². The van der Waals surface area contributed by atoms with Crippen molar-refractivity contribution < 1.29 is 28.2 Å². The molecule has 1 fully saturated rings. The van der Waals surface area contributed by atoms with Crippen molar-refractivity contribution in [3.05, 3.63) is 35.6 Å². The van der Waals surface area contributed by atoms with Gasteiger partial charge in [-0.25, -0.2) is 0 Å². The number of aromatic nitrogens is 2. The zero-order valence-electron chi connectivity index (χ0n) is 25.9. The fraction of sp³-hybridized carbons (Fsp3) is 0.500. The average Bonchev–Trinajstić information content (AvgIpc) is 3.46. The number of aryl methyl sites for hydroxylation is 1. The van der Waals surface area contributed by atoms with Gasteiger partial charge < -0.3 is 43.8 Å². The largest absolute Gasteiger partial charge is 0.494 e. The molecule has 1 saturated heterocycles. The van der Waals surface area contributed by atoms with Crippen LogP contribution in [0.5, 0.6) is 29.2 Å². The monoisotopic (exact) mass is 610 g/mol. The fourth-order valence-electron chi connectivity index (χ4n) is 5.23. The molecule has 0 unspecified atom stereocenters. The predicted octanol–water partition coefficient (Wildman–Crippen LogP) is 3.80. The zero-order chi connectivity index (χ0) is 30.6. The molecule has 0 spiro atoms.